The first-order valence-corrected chi connectivity index (χ1v) is 2.79. The number of Topliss-reactive ketones (excluding diaryl/α,β-unsaturated/α-hetero) is 1. The van der Waals surface area contributed by atoms with E-state index < -0.39 is 5.09 Å². The lowest BCUT2D eigenvalue weighted by atomic mass is 10.6. The van der Waals surface area contributed by atoms with Crippen molar-refractivity contribution in [2.75, 3.05) is 6.61 Å². The zero-order valence-electron chi connectivity index (χ0n) is 6.77. The van der Waals surface area contributed by atoms with Crippen LogP contribution in [-0.4, -0.2) is 27.8 Å². The molecule has 0 fully saturated rings. The van der Waals surface area contributed by atoms with Crippen LogP contribution in [0.25, 0.3) is 0 Å². The summed E-state index contributed by atoms with van der Waals surface area (Å²) >= 11 is 0. The van der Waals surface area contributed by atoms with E-state index in [1.54, 1.807) is 6.92 Å². The van der Waals surface area contributed by atoms with Gasteiger partial charge in [0.05, 0.1) is 0 Å². The third-order valence-corrected chi connectivity index (χ3v) is 0. The van der Waals surface area contributed by atoms with Crippen LogP contribution in [0.3, 0.4) is 0 Å². The van der Waals surface area contributed by atoms with Gasteiger partial charge in [-0.2, -0.15) is 0 Å². The zero-order chi connectivity index (χ0) is 9.86. The van der Waals surface area contributed by atoms with Gasteiger partial charge in [0.1, 0.15) is 5.78 Å². The third-order valence-electron chi connectivity index (χ3n) is 0. The summed E-state index contributed by atoms with van der Waals surface area (Å²) in [5.41, 5.74) is 0. The molecule has 0 amide bonds. The first-order valence-electron chi connectivity index (χ1n) is 2.79. The molecule has 0 heterocycles. The molecule has 2 N–H and O–H groups in total. The number of ketones is 1. The molecule has 0 spiro atoms. The van der Waals surface area contributed by atoms with Crippen molar-refractivity contribution in [2.45, 2.75) is 20.8 Å². The quantitative estimate of drug-likeness (QED) is 0.397. The number of nitrogens with zero attached hydrogens (tertiary/aromatic N) is 1. The largest absolute Gasteiger partial charge is 0.397 e. The maximum atomic E-state index is 9.44. The number of aliphatic hydroxyl groups excluding tert-OH is 1. The summed E-state index contributed by atoms with van der Waals surface area (Å²) in [6, 6.07) is 0. The maximum Gasteiger partial charge on any atom is 0.291 e. The van der Waals surface area contributed by atoms with Crippen LogP contribution in [-0.2, 0) is 4.79 Å². The summed E-state index contributed by atoms with van der Waals surface area (Å²) in [7, 11) is 0. The topological polar surface area (TPSA) is 101 Å². The van der Waals surface area contributed by atoms with Gasteiger partial charge in [-0.15, -0.1) is 10.1 Å². The predicted molar refractivity (Wildman–Crippen MR) is 37.9 cm³/mol. The van der Waals surface area contributed by atoms with Gasteiger partial charge < -0.3 is 15.1 Å². The van der Waals surface area contributed by atoms with Crippen LogP contribution in [0.15, 0.2) is 0 Å². The van der Waals surface area contributed by atoms with Crippen molar-refractivity contribution in [3.63, 3.8) is 0 Å². The normalized spacial score (nSPS) is 6.18. The summed E-state index contributed by atoms with van der Waals surface area (Å²) in [5.74, 6) is 0.167. The van der Waals surface area contributed by atoms with Crippen molar-refractivity contribution in [3.05, 3.63) is 10.1 Å². The van der Waals surface area contributed by atoms with Crippen LogP contribution in [0, 0.1) is 10.1 Å². The molecule has 0 radical (unpaired) electrons. The SMILES string of the molecule is CC(C)=O.CCO.O=[N+]([O-])O. The molecule has 0 bridgehead atoms. The van der Waals surface area contributed by atoms with E-state index in [9.17, 15) is 4.79 Å². The van der Waals surface area contributed by atoms with Gasteiger partial charge in [-0.3, -0.25) is 0 Å². The van der Waals surface area contributed by atoms with E-state index in [0.29, 0.717) is 0 Å². The Bertz CT molecular complexity index is 83.0. The van der Waals surface area contributed by atoms with Crippen LogP contribution in [0.1, 0.15) is 20.8 Å². The minimum Gasteiger partial charge on any atom is -0.397 e. The van der Waals surface area contributed by atoms with Gasteiger partial charge in [0.15, 0.2) is 0 Å². The van der Waals surface area contributed by atoms with Crippen molar-refractivity contribution in [3.8, 4) is 0 Å². The van der Waals surface area contributed by atoms with E-state index in [1.165, 1.54) is 13.8 Å². The van der Waals surface area contributed by atoms with E-state index in [4.69, 9.17) is 20.4 Å². The second-order valence-corrected chi connectivity index (χ2v) is 1.46. The van der Waals surface area contributed by atoms with E-state index >= 15 is 0 Å². The van der Waals surface area contributed by atoms with E-state index in [1.807, 2.05) is 0 Å². The highest BCUT2D eigenvalue weighted by Gasteiger charge is 1.65. The number of hydrogen-bond donors (Lipinski definition) is 2. The van der Waals surface area contributed by atoms with E-state index in [-0.39, 0.29) is 12.4 Å². The Morgan fingerprint density at radius 1 is 1.55 bits per heavy atom. The Morgan fingerprint density at radius 2 is 1.55 bits per heavy atom. The Morgan fingerprint density at radius 3 is 1.55 bits per heavy atom. The summed E-state index contributed by atoms with van der Waals surface area (Å²) in [5, 5.41) is 21.2. The van der Waals surface area contributed by atoms with Crippen molar-refractivity contribution >= 4 is 5.78 Å². The van der Waals surface area contributed by atoms with Gasteiger partial charge >= 0.3 is 0 Å². The van der Waals surface area contributed by atoms with Crippen LogP contribution in [0.2, 0.25) is 0 Å². The van der Waals surface area contributed by atoms with E-state index in [2.05, 4.69) is 0 Å². The number of carbonyl (C=O) groups excluding carboxylic acids is 1. The summed E-state index contributed by atoms with van der Waals surface area (Å²) in [6.45, 7) is 4.99. The zero-order valence-corrected chi connectivity index (χ0v) is 6.77. The molecule has 0 aliphatic rings. The van der Waals surface area contributed by atoms with Crippen LogP contribution in [0.5, 0.6) is 0 Å². The molecule has 0 aromatic rings. The minimum absolute atomic E-state index is 0.167. The third kappa shape index (κ3) is 301. The first kappa shape index (κ1) is 16.4. The van der Waals surface area contributed by atoms with Gasteiger partial charge in [0, 0.05) is 6.61 Å². The number of rotatable bonds is 0. The fourth-order valence-corrected chi connectivity index (χ4v) is 0. The van der Waals surface area contributed by atoms with Crippen LogP contribution < -0.4 is 0 Å². The molecule has 0 aromatic heterocycles. The molecule has 0 rings (SSSR count). The van der Waals surface area contributed by atoms with Crippen molar-refractivity contribution < 1.29 is 20.2 Å². The van der Waals surface area contributed by atoms with Gasteiger partial charge in [0.2, 0.25) is 0 Å². The molecule has 6 nitrogen and oxygen atoms in total. The molecular formula is C5H13NO5. The highest BCUT2D eigenvalue weighted by Crippen LogP contribution is 1.50. The second kappa shape index (κ2) is 15.9. The van der Waals surface area contributed by atoms with Gasteiger partial charge in [-0.05, 0) is 20.8 Å². The maximum absolute atomic E-state index is 9.44. The molecule has 0 saturated heterocycles. The molecule has 0 saturated carbocycles. The van der Waals surface area contributed by atoms with Gasteiger partial charge in [0.25, 0.3) is 5.09 Å². The molecular weight excluding hydrogens is 154 g/mol. The standard InChI is InChI=1S/C3H6O.C2H6O.HNO3/c1-3(2)4;1-2-3;2-1(3)4/h1-2H3;3H,2H2,1H3;(H,2,3,4). The Labute approximate surface area is 64.6 Å². The van der Waals surface area contributed by atoms with Crippen molar-refractivity contribution in [1.82, 2.24) is 0 Å². The Kier molecular flexibility index (Phi) is 23.8. The van der Waals surface area contributed by atoms with Gasteiger partial charge in [-0.25, -0.2) is 0 Å². The molecule has 0 aliphatic carbocycles. The molecule has 0 atom stereocenters. The molecule has 68 valence electrons. The molecule has 6 heteroatoms. The lowest BCUT2D eigenvalue weighted by Crippen LogP contribution is -1.81. The lowest BCUT2D eigenvalue weighted by Gasteiger charge is -1.56. The second-order valence-electron chi connectivity index (χ2n) is 1.46. The summed E-state index contributed by atoms with van der Waals surface area (Å²) in [4.78, 5) is 17.8. The monoisotopic (exact) mass is 167 g/mol. The number of hydrogen-bond acceptors (Lipinski definition) is 4. The lowest BCUT2D eigenvalue weighted by molar-refractivity contribution is -0.742. The van der Waals surface area contributed by atoms with Gasteiger partial charge in [-0.1, -0.05) is 0 Å². The van der Waals surface area contributed by atoms with E-state index in [0.717, 1.165) is 0 Å². The smallest absolute Gasteiger partial charge is 0.291 e. The van der Waals surface area contributed by atoms with Crippen molar-refractivity contribution in [1.29, 1.82) is 0 Å². The highest BCUT2D eigenvalue weighted by atomic mass is 16.9. The minimum atomic E-state index is -1.50. The average molecular weight is 167 g/mol. The molecule has 0 unspecified atom stereocenters. The Hall–Kier alpha value is -1.17. The number of carbonyl (C=O) groups is 1. The van der Waals surface area contributed by atoms with Crippen LogP contribution >= 0.6 is 0 Å². The molecule has 11 heavy (non-hydrogen) atoms. The molecule has 0 aromatic carbocycles. The summed E-state index contributed by atoms with van der Waals surface area (Å²) < 4.78 is 0. The first-order chi connectivity index (χ1) is 4.88. The highest BCUT2D eigenvalue weighted by molar-refractivity contribution is 5.72. The van der Waals surface area contributed by atoms with Crippen LogP contribution in [0.4, 0.5) is 0 Å². The predicted octanol–water partition coefficient (Wildman–Crippen LogP) is 0.246. The number of aliphatic hydroxyl groups is 1. The fourth-order valence-electron chi connectivity index (χ4n) is 0. The molecule has 0 aliphatic heterocycles. The fraction of sp³-hybridized carbons (Fsp3) is 0.800. The summed E-state index contributed by atoms with van der Waals surface area (Å²) in [6.07, 6.45) is 0. The Balaban J connectivity index is -0.0000000886. The average Bonchev–Trinajstić information content (AvgIpc) is 1.60. The van der Waals surface area contributed by atoms with Crippen molar-refractivity contribution in [2.24, 2.45) is 0 Å².